The van der Waals surface area contributed by atoms with Gasteiger partial charge in [0, 0.05) is 29.1 Å². The summed E-state index contributed by atoms with van der Waals surface area (Å²) in [6, 6.07) is 13.5. The van der Waals surface area contributed by atoms with E-state index in [0.29, 0.717) is 23.9 Å². The van der Waals surface area contributed by atoms with Gasteiger partial charge in [-0.2, -0.15) is 0 Å². The monoisotopic (exact) mass is 536 g/mol. The quantitative estimate of drug-likeness (QED) is 0.392. The number of amides is 3. The zero-order valence-corrected chi connectivity index (χ0v) is 22.7. The Morgan fingerprint density at radius 3 is 2.63 bits per heavy atom. The molecule has 0 bridgehead atoms. The summed E-state index contributed by atoms with van der Waals surface area (Å²) in [4.78, 5) is 41.9. The molecule has 0 unspecified atom stereocenters. The number of aliphatic hydroxyl groups excluding tert-OH is 1. The number of rotatable bonds is 9. The second-order valence-corrected chi connectivity index (χ2v) is 12.6. The van der Waals surface area contributed by atoms with Crippen molar-refractivity contribution in [2.24, 2.45) is 5.92 Å². The van der Waals surface area contributed by atoms with Crippen LogP contribution in [0.2, 0.25) is 0 Å². The summed E-state index contributed by atoms with van der Waals surface area (Å²) >= 11 is 1.52. The minimum absolute atomic E-state index is 0.191. The Morgan fingerprint density at radius 1 is 1.13 bits per heavy atom. The van der Waals surface area contributed by atoms with Crippen LogP contribution in [0.4, 0.5) is 5.69 Å². The molecule has 5 rings (SSSR count). The molecule has 1 aliphatic carbocycles. The number of carbonyl (C=O) groups excluding carboxylic acids is 3. The number of carbonyl (C=O) groups is 3. The maximum absolute atomic E-state index is 13.8. The van der Waals surface area contributed by atoms with E-state index in [-0.39, 0.29) is 18.2 Å². The van der Waals surface area contributed by atoms with Gasteiger partial charge in [0.15, 0.2) is 6.10 Å². The van der Waals surface area contributed by atoms with Gasteiger partial charge in [-0.15, -0.1) is 11.8 Å². The van der Waals surface area contributed by atoms with E-state index < -0.39 is 28.8 Å². The van der Waals surface area contributed by atoms with Gasteiger partial charge < -0.3 is 26.0 Å². The lowest BCUT2D eigenvalue weighted by atomic mass is 9.96. The van der Waals surface area contributed by atoms with E-state index in [4.69, 9.17) is 0 Å². The minimum atomic E-state index is -1.51. The lowest BCUT2D eigenvalue weighted by Crippen LogP contribution is -2.58. The Balaban J connectivity index is 1.37. The third kappa shape index (κ3) is 5.68. The molecule has 2 aliphatic heterocycles. The van der Waals surface area contributed by atoms with Crippen LogP contribution in [0.25, 0.3) is 0 Å². The van der Waals surface area contributed by atoms with E-state index in [1.807, 2.05) is 56.3 Å². The Bertz CT molecular complexity index is 1200. The molecule has 0 spiro atoms. The van der Waals surface area contributed by atoms with Crippen molar-refractivity contribution in [3.63, 3.8) is 0 Å². The fourth-order valence-corrected chi connectivity index (χ4v) is 6.47. The number of benzene rings is 2. The number of fused-ring (bicyclic) bond motifs is 1. The van der Waals surface area contributed by atoms with Crippen molar-refractivity contribution in [3.05, 3.63) is 65.2 Å². The molecule has 3 atom stereocenters. The summed E-state index contributed by atoms with van der Waals surface area (Å²) in [5, 5.41) is 20.7. The zero-order valence-electron chi connectivity index (χ0n) is 21.9. The van der Waals surface area contributed by atoms with Gasteiger partial charge in [0.2, 0.25) is 5.91 Å². The highest BCUT2D eigenvalue weighted by Gasteiger charge is 2.50. The normalized spacial score (nSPS) is 21.2. The number of hydrogen-bond donors (Lipinski definition) is 4. The fourth-order valence-electron chi connectivity index (χ4n) is 5.33. The van der Waals surface area contributed by atoms with Crippen molar-refractivity contribution in [2.75, 3.05) is 24.3 Å². The molecule has 3 amide bonds. The van der Waals surface area contributed by atoms with Gasteiger partial charge in [-0.3, -0.25) is 14.4 Å². The molecule has 202 valence electrons. The number of aliphatic hydroxyl groups is 1. The first-order valence-electron chi connectivity index (χ1n) is 13.4. The molecule has 2 aromatic carbocycles. The van der Waals surface area contributed by atoms with Crippen molar-refractivity contribution in [1.29, 1.82) is 0 Å². The van der Waals surface area contributed by atoms with Crippen LogP contribution in [0, 0.1) is 5.92 Å². The minimum Gasteiger partial charge on any atom is -0.384 e. The van der Waals surface area contributed by atoms with Crippen molar-refractivity contribution in [1.82, 2.24) is 15.5 Å². The molecule has 8 nitrogen and oxygen atoms in total. The van der Waals surface area contributed by atoms with E-state index in [0.717, 1.165) is 42.6 Å². The van der Waals surface area contributed by atoms with Gasteiger partial charge in [-0.25, -0.2) is 0 Å². The molecule has 4 N–H and O–H groups in total. The van der Waals surface area contributed by atoms with Gasteiger partial charge in [-0.05, 0) is 68.7 Å². The van der Waals surface area contributed by atoms with Gasteiger partial charge in [0.25, 0.3) is 11.8 Å². The van der Waals surface area contributed by atoms with E-state index in [9.17, 15) is 19.5 Å². The maximum Gasteiger partial charge on any atom is 0.254 e. The van der Waals surface area contributed by atoms with Crippen molar-refractivity contribution in [3.8, 4) is 0 Å². The number of anilines is 1. The molecule has 1 saturated carbocycles. The Hall–Kier alpha value is -3.04. The second kappa shape index (κ2) is 11.0. The third-order valence-electron chi connectivity index (χ3n) is 7.70. The largest absolute Gasteiger partial charge is 0.384 e. The lowest BCUT2D eigenvalue weighted by Gasteiger charge is -2.33. The molecule has 0 radical (unpaired) electrons. The number of thioether (sulfide) groups is 1. The van der Waals surface area contributed by atoms with Crippen LogP contribution in [0.15, 0.2) is 48.5 Å². The van der Waals surface area contributed by atoms with E-state index in [1.54, 1.807) is 6.07 Å². The Morgan fingerprint density at radius 2 is 1.89 bits per heavy atom. The van der Waals surface area contributed by atoms with Crippen molar-refractivity contribution >= 4 is 35.2 Å². The Kier molecular flexibility index (Phi) is 7.68. The molecule has 3 aliphatic rings. The van der Waals surface area contributed by atoms with Crippen LogP contribution in [-0.4, -0.2) is 69.6 Å². The molecule has 9 heteroatoms. The highest BCUT2D eigenvalue weighted by atomic mass is 32.2. The van der Waals surface area contributed by atoms with Gasteiger partial charge in [0.05, 0.1) is 11.9 Å². The van der Waals surface area contributed by atoms with Gasteiger partial charge in [-0.1, -0.05) is 36.4 Å². The smallest absolute Gasteiger partial charge is 0.254 e. The molecule has 0 aromatic heterocycles. The summed E-state index contributed by atoms with van der Waals surface area (Å²) in [5.74, 6) is -0.243. The number of hydrogen-bond acceptors (Lipinski definition) is 6. The van der Waals surface area contributed by atoms with E-state index >= 15 is 0 Å². The lowest BCUT2D eigenvalue weighted by molar-refractivity contribution is -0.147. The highest BCUT2D eigenvalue weighted by Crippen LogP contribution is 2.40. The molecular formula is C29H36N4O4S. The average Bonchev–Trinajstić information content (AvgIpc) is 3.51. The average molecular weight is 537 g/mol. The first-order valence-corrected chi connectivity index (χ1v) is 14.3. The van der Waals surface area contributed by atoms with E-state index in [2.05, 4.69) is 16.0 Å². The fraction of sp³-hybridized carbons (Fsp3) is 0.483. The van der Waals surface area contributed by atoms with E-state index in [1.165, 1.54) is 16.7 Å². The highest BCUT2D eigenvalue weighted by molar-refractivity contribution is 8.00. The van der Waals surface area contributed by atoms with Crippen molar-refractivity contribution < 1.29 is 19.5 Å². The summed E-state index contributed by atoms with van der Waals surface area (Å²) in [5.41, 5.74) is 3.31. The molecule has 2 heterocycles. The van der Waals surface area contributed by atoms with Crippen LogP contribution in [0.5, 0.6) is 0 Å². The topological polar surface area (TPSA) is 111 Å². The maximum atomic E-state index is 13.8. The zero-order chi connectivity index (χ0) is 26.9. The summed E-state index contributed by atoms with van der Waals surface area (Å²) in [6.45, 7) is 5.28. The molecule has 38 heavy (non-hydrogen) atoms. The van der Waals surface area contributed by atoms with Crippen LogP contribution < -0.4 is 16.0 Å². The molecule has 1 saturated heterocycles. The molecule has 2 aromatic rings. The predicted octanol–water partition coefficient (Wildman–Crippen LogP) is 2.56. The van der Waals surface area contributed by atoms with Crippen LogP contribution in [0.3, 0.4) is 0 Å². The second-order valence-electron chi connectivity index (χ2n) is 11.0. The number of nitrogens with zero attached hydrogens (tertiary/aromatic N) is 1. The predicted molar refractivity (Wildman–Crippen MR) is 149 cm³/mol. The van der Waals surface area contributed by atoms with Gasteiger partial charge >= 0.3 is 0 Å². The number of nitrogens with one attached hydrogen (secondary N) is 3. The first-order chi connectivity index (χ1) is 18.2. The SMILES string of the molecule is CC1(C)SCN(C(=O)[C@@H](O)[C@H](Cc2ccccc2)NC(=O)c2cccc3c2CCN3)[C@H]1C(=O)NCC1CC1. The van der Waals surface area contributed by atoms with Crippen LogP contribution >= 0.6 is 11.8 Å². The summed E-state index contributed by atoms with van der Waals surface area (Å²) in [6.07, 6.45) is 1.73. The van der Waals surface area contributed by atoms with Crippen LogP contribution in [0.1, 0.15) is 48.2 Å². The standard InChI is InChI=1S/C29H36N4O4S/c1-29(2)25(27(36)31-16-19-11-12-19)33(17-38-29)28(37)24(34)23(15-18-7-4-3-5-8-18)32-26(35)21-9-6-10-22-20(21)13-14-30-22/h3-10,19,23-25,30,34H,11-17H2,1-2H3,(H,31,36)(H,32,35)/t23-,24-,25-/m0/s1. The third-order valence-corrected chi connectivity index (χ3v) is 9.07. The van der Waals surface area contributed by atoms with Crippen molar-refractivity contribution in [2.45, 2.75) is 62.5 Å². The first kappa shape index (κ1) is 26.6. The Labute approximate surface area is 227 Å². The molecular weight excluding hydrogens is 500 g/mol. The van der Waals surface area contributed by atoms with Crippen LogP contribution in [-0.2, 0) is 22.4 Å². The van der Waals surface area contributed by atoms with Gasteiger partial charge in [0.1, 0.15) is 6.04 Å². The molecule has 2 fully saturated rings. The summed E-state index contributed by atoms with van der Waals surface area (Å²) < 4.78 is -0.501. The summed E-state index contributed by atoms with van der Waals surface area (Å²) in [7, 11) is 0.